The summed E-state index contributed by atoms with van der Waals surface area (Å²) >= 11 is 0. The van der Waals surface area contributed by atoms with E-state index in [2.05, 4.69) is 12.1 Å². The maximum Gasteiger partial charge on any atom is 0.192 e. The molecule has 2 heteroatoms. The van der Waals surface area contributed by atoms with Gasteiger partial charge in [0.15, 0.2) is 8.46 Å². The van der Waals surface area contributed by atoms with Crippen molar-refractivity contribution in [2.45, 2.75) is 0 Å². The predicted molar refractivity (Wildman–Crippen MR) is 59.1 cm³/mol. The zero-order valence-corrected chi connectivity index (χ0v) is 8.45. The van der Waals surface area contributed by atoms with Crippen LogP contribution in [0.25, 0.3) is 11.1 Å². The van der Waals surface area contributed by atoms with Crippen LogP contribution in [0.15, 0.2) is 54.6 Å². The first kappa shape index (κ1) is 9.11. The molecular formula is C12H9OP. The van der Waals surface area contributed by atoms with Gasteiger partial charge in [0.05, 0.1) is 0 Å². The van der Waals surface area contributed by atoms with E-state index < -0.39 is 0 Å². The second-order valence-corrected chi connectivity index (χ2v) is 3.70. The Balaban J connectivity index is 2.39. The molecule has 0 spiro atoms. The molecule has 68 valence electrons. The molecule has 2 rings (SSSR count). The topological polar surface area (TPSA) is 17.1 Å². The molecule has 0 aliphatic rings. The first-order chi connectivity index (χ1) is 6.90. The normalized spacial score (nSPS) is 10.3. The Morgan fingerprint density at radius 1 is 0.714 bits per heavy atom. The summed E-state index contributed by atoms with van der Waals surface area (Å²) in [5.41, 5.74) is 2.33. The van der Waals surface area contributed by atoms with Crippen molar-refractivity contribution < 1.29 is 4.57 Å². The molecule has 0 saturated carbocycles. The van der Waals surface area contributed by atoms with Crippen LogP contribution in [0.2, 0.25) is 0 Å². The van der Waals surface area contributed by atoms with Crippen LogP contribution in [0.5, 0.6) is 0 Å². The smallest absolute Gasteiger partial charge is 0.192 e. The fourth-order valence-corrected chi connectivity index (χ4v) is 1.62. The highest BCUT2D eigenvalue weighted by Gasteiger charge is 1.96. The lowest BCUT2D eigenvalue weighted by Crippen LogP contribution is -1.88. The minimum Gasteiger partial charge on any atom is -0.269 e. The molecule has 0 saturated heterocycles. The Morgan fingerprint density at radius 3 is 1.86 bits per heavy atom. The van der Waals surface area contributed by atoms with E-state index in [1.807, 2.05) is 42.5 Å². The Labute approximate surface area is 84.6 Å². The SMILES string of the molecule is O=Pc1ccc(-c2ccccc2)cc1. The summed E-state index contributed by atoms with van der Waals surface area (Å²) in [5.74, 6) is 0. The average molecular weight is 200 g/mol. The summed E-state index contributed by atoms with van der Waals surface area (Å²) < 4.78 is 10.6. The van der Waals surface area contributed by atoms with Crippen LogP contribution in [0.1, 0.15) is 0 Å². The van der Waals surface area contributed by atoms with E-state index in [0.29, 0.717) is 0 Å². The highest BCUT2D eigenvalue weighted by molar-refractivity contribution is 7.34. The predicted octanol–water partition coefficient (Wildman–Crippen LogP) is 3.27. The Kier molecular flexibility index (Phi) is 2.71. The molecule has 0 unspecified atom stereocenters. The van der Waals surface area contributed by atoms with Crippen molar-refractivity contribution in [3.05, 3.63) is 54.6 Å². The minimum absolute atomic E-state index is 0.0784. The Bertz CT molecular complexity index is 420. The van der Waals surface area contributed by atoms with Gasteiger partial charge in [-0.25, -0.2) is 0 Å². The lowest BCUT2D eigenvalue weighted by Gasteiger charge is -2.00. The summed E-state index contributed by atoms with van der Waals surface area (Å²) in [6, 6.07) is 17.8. The molecule has 0 amide bonds. The van der Waals surface area contributed by atoms with E-state index in [0.717, 1.165) is 10.9 Å². The summed E-state index contributed by atoms with van der Waals surface area (Å²) in [5, 5.41) is 0.810. The van der Waals surface area contributed by atoms with Gasteiger partial charge in [-0.05, 0) is 23.3 Å². The molecule has 0 radical (unpaired) electrons. The van der Waals surface area contributed by atoms with Crippen LogP contribution in [0, 0.1) is 0 Å². The van der Waals surface area contributed by atoms with E-state index in [9.17, 15) is 4.57 Å². The molecular weight excluding hydrogens is 191 g/mol. The Morgan fingerprint density at radius 2 is 1.29 bits per heavy atom. The number of hydrogen-bond acceptors (Lipinski definition) is 1. The zero-order valence-electron chi connectivity index (χ0n) is 7.55. The third-order valence-corrected chi connectivity index (χ3v) is 2.59. The van der Waals surface area contributed by atoms with Crippen molar-refractivity contribution in [1.82, 2.24) is 0 Å². The number of hydrogen-bond donors (Lipinski definition) is 0. The molecule has 0 heterocycles. The molecule has 0 aliphatic carbocycles. The zero-order chi connectivity index (χ0) is 9.80. The van der Waals surface area contributed by atoms with Gasteiger partial charge in [-0.15, -0.1) is 0 Å². The van der Waals surface area contributed by atoms with E-state index in [1.165, 1.54) is 5.56 Å². The van der Waals surface area contributed by atoms with Gasteiger partial charge in [-0.2, -0.15) is 0 Å². The second-order valence-electron chi connectivity index (χ2n) is 3.00. The largest absolute Gasteiger partial charge is 0.269 e. The van der Waals surface area contributed by atoms with Crippen molar-refractivity contribution >= 4 is 13.8 Å². The first-order valence-electron chi connectivity index (χ1n) is 4.39. The molecule has 0 aliphatic heterocycles. The third-order valence-electron chi connectivity index (χ3n) is 2.08. The molecule has 0 N–H and O–H groups in total. The standard InChI is InChI=1S/C12H9OP/c13-14-12-8-6-11(7-9-12)10-4-2-1-3-5-10/h1-9H. The van der Waals surface area contributed by atoms with Crippen molar-refractivity contribution in [2.24, 2.45) is 0 Å². The average Bonchev–Trinajstić information content (AvgIpc) is 2.30. The van der Waals surface area contributed by atoms with Gasteiger partial charge in [0.25, 0.3) is 0 Å². The lowest BCUT2D eigenvalue weighted by atomic mass is 10.1. The minimum atomic E-state index is 0.0784. The molecule has 0 fully saturated rings. The van der Waals surface area contributed by atoms with Gasteiger partial charge in [0.2, 0.25) is 0 Å². The van der Waals surface area contributed by atoms with Gasteiger partial charge in [-0.1, -0.05) is 42.5 Å². The van der Waals surface area contributed by atoms with Gasteiger partial charge in [0.1, 0.15) is 0 Å². The molecule has 0 atom stereocenters. The summed E-state index contributed by atoms with van der Waals surface area (Å²) in [4.78, 5) is 0. The van der Waals surface area contributed by atoms with E-state index in [4.69, 9.17) is 0 Å². The molecule has 2 aromatic carbocycles. The first-order valence-corrected chi connectivity index (χ1v) is 5.20. The maximum atomic E-state index is 10.6. The quantitative estimate of drug-likeness (QED) is 0.680. The highest BCUT2D eigenvalue weighted by atomic mass is 31.1. The molecule has 0 aromatic heterocycles. The van der Waals surface area contributed by atoms with Gasteiger partial charge >= 0.3 is 0 Å². The van der Waals surface area contributed by atoms with E-state index in [-0.39, 0.29) is 8.46 Å². The Hall–Kier alpha value is -1.46. The fraction of sp³-hybridized carbons (Fsp3) is 0. The second kappa shape index (κ2) is 4.17. The van der Waals surface area contributed by atoms with Gasteiger partial charge < -0.3 is 0 Å². The van der Waals surface area contributed by atoms with Crippen LogP contribution < -0.4 is 5.30 Å². The number of benzene rings is 2. The van der Waals surface area contributed by atoms with E-state index in [1.54, 1.807) is 0 Å². The van der Waals surface area contributed by atoms with Crippen LogP contribution >= 0.6 is 8.46 Å². The molecule has 1 nitrogen and oxygen atoms in total. The summed E-state index contributed by atoms with van der Waals surface area (Å²) in [7, 11) is 0.0784. The third kappa shape index (κ3) is 1.89. The fourth-order valence-electron chi connectivity index (χ4n) is 1.35. The van der Waals surface area contributed by atoms with E-state index >= 15 is 0 Å². The molecule has 2 aromatic rings. The highest BCUT2D eigenvalue weighted by Crippen LogP contribution is 2.17. The van der Waals surface area contributed by atoms with Crippen LogP contribution in [-0.4, -0.2) is 0 Å². The van der Waals surface area contributed by atoms with Gasteiger partial charge in [0, 0.05) is 5.30 Å². The summed E-state index contributed by atoms with van der Waals surface area (Å²) in [6.45, 7) is 0. The van der Waals surface area contributed by atoms with Crippen LogP contribution in [0.4, 0.5) is 0 Å². The summed E-state index contributed by atoms with van der Waals surface area (Å²) in [6.07, 6.45) is 0. The maximum absolute atomic E-state index is 10.6. The lowest BCUT2D eigenvalue weighted by molar-refractivity contribution is 0.603. The monoisotopic (exact) mass is 200 g/mol. The van der Waals surface area contributed by atoms with Crippen LogP contribution in [-0.2, 0) is 4.57 Å². The van der Waals surface area contributed by atoms with Crippen molar-refractivity contribution in [1.29, 1.82) is 0 Å². The van der Waals surface area contributed by atoms with Crippen LogP contribution in [0.3, 0.4) is 0 Å². The van der Waals surface area contributed by atoms with Crippen molar-refractivity contribution in [3.63, 3.8) is 0 Å². The number of rotatable bonds is 2. The van der Waals surface area contributed by atoms with Crippen molar-refractivity contribution in [3.8, 4) is 11.1 Å². The molecule has 14 heavy (non-hydrogen) atoms. The van der Waals surface area contributed by atoms with Gasteiger partial charge in [-0.3, -0.25) is 4.57 Å². The van der Waals surface area contributed by atoms with Crippen molar-refractivity contribution in [2.75, 3.05) is 0 Å². The molecule has 0 bridgehead atoms.